The summed E-state index contributed by atoms with van der Waals surface area (Å²) in [7, 11) is 0. The monoisotopic (exact) mass is 251 g/mol. The molecule has 0 aromatic carbocycles. The SMILES string of the molecule is O=C(O)C1CCCCC1NC(=O)C1C2CCCC21. The zero-order chi connectivity index (χ0) is 12.7. The molecule has 3 fully saturated rings. The largest absolute Gasteiger partial charge is 0.481 e. The fourth-order valence-electron chi connectivity index (χ4n) is 4.09. The van der Waals surface area contributed by atoms with E-state index in [9.17, 15) is 14.7 Å². The van der Waals surface area contributed by atoms with Crippen LogP contribution in [0.15, 0.2) is 0 Å². The van der Waals surface area contributed by atoms with Crippen LogP contribution in [0, 0.1) is 23.7 Å². The van der Waals surface area contributed by atoms with E-state index in [1.54, 1.807) is 0 Å². The highest BCUT2D eigenvalue weighted by Crippen LogP contribution is 2.57. The van der Waals surface area contributed by atoms with E-state index in [0.717, 1.165) is 19.3 Å². The number of carbonyl (C=O) groups excluding carboxylic acids is 1. The zero-order valence-corrected chi connectivity index (χ0v) is 10.6. The van der Waals surface area contributed by atoms with Crippen LogP contribution < -0.4 is 5.32 Å². The van der Waals surface area contributed by atoms with E-state index in [0.29, 0.717) is 18.3 Å². The topological polar surface area (TPSA) is 66.4 Å². The van der Waals surface area contributed by atoms with Crippen molar-refractivity contribution in [2.45, 2.75) is 51.0 Å². The number of nitrogens with one attached hydrogen (secondary N) is 1. The van der Waals surface area contributed by atoms with Crippen molar-refractivity contribution < 1.29 is 14.7 Å². The van der Waals surface area contributed by atoms with E-state index in [1.807, 2.05) is 0 Å². The van der Waals surface area contributed by atoms with Gasteiger partial charge >= 0.3 is 5.97 Å². The third-order valence-corrected chi connectivity index (χ3v) is 5.12. The van der Waals surface area contributed by atoms with E-state index >= 15 is 0 Å². The van der Waals surface area contributed by atoms with Crippen LogP contribution in [-0.4, -0.2) is 23.0 Å². The molecule has 3 rings (SSSR count). The number of carboxylic acids is 1. The molecule has 0 saturated heterocycles. The van der Waals surface area contributed by atoms with Crippen LogP contribution in [-0.2, 0) is 9.59 Å². The van der Waals surface area contributed by atoms with Crippen molar-refractivity contribution in [3.8, 4) is 0 Å². The lowest BCUT2D eigenvalue weighted by Crippen LogP contribution is -2.46. The van der Waals surface area contributed by atoms with Gasteiger partial charge in [0.05, 0.1) is 5.92 Å². The Balaban J connectivity index is 1.57. The van der Waals surface area contributed by atoms with Crippen molar-refractivity contribution >= 4 is 11.9 Å². The minimum Gasteiger partial charge on any atom is -0.481 e. The maximum absolute atomic E-state index is 12.2. The first-order valence-corrected chi connectivity index (χ1v) is 7.21. The summed E-state index contributed by atoms with van der Waals surface area (Å²) in [5.41, 5.74) is 0. The summed E-state index contributed by atoms with van der Waals surface area (Å²) in [6.07, 6.45) is 7.18. The molecule has 18 heavy (non-hydrogen) atoms. The number of aliphatic carboxylic acids is 1. The van der Waals surface area contributed by atoms with Gasteiger partial charge < -0.3 is 10.4 Å². The summed E-state index contributed by atoms with van der Waals surface area (Å²) in [6, 6.07) is -0.134. The lowest BCUT2D eigenvalue weighted by atomic mass is 9.84. The van der Waals surface area contributed by atoms with Crippen LogP contribution >= 0.6 is 0 Å². The highest BCUT2D eigenvalue weighted by atomic mass is 16.4. The molecular weight excluding hydrogens is 230 g/mol. The van der Waals surface area contributed by atoms with Gasteiger partial charge in [-0.05, 0) is 37.5 Å². The molecule has 3 aliphatic rings. The molecule has 4 heteroatoms. The Morgan fingerprint density at radius 3 is 2.28 bits per heavy atom. The molecule has 3 aliphatic carbocycles. The van der Waals surface area contributed by atoms with Crippen molar-refractivity contribution in [1.29, 1.82) is 0 Å². The van der Waals surface area contributed by atoms with E-state index < -0.39 is 5.97 Å². The first-order valence-electron chi connectivity index (χ1n) is 7.21. The molecule has 2 N–H and O–H groups in total. The molecule has 100 valence electrons. The van der Waals surface area contributed by atoms with Crippen LogP contribution in [0.2, 0.25) is 0 Å². The molecule has 0 bridgehead atoms. The van der Waals surface area contributed by atoms with Crippen LogP contribution in [0.1, 0.15) is 44.9 Å². The molecule has 4 atom stereocenters. The average Bonchev–Trinajstić information content (AvgIpc) is 2.84. The Morgan fingerprint density at radius 2 is 1.61 bits per heavy atom. The average molecular weight is 251 g/mol. The second kappa shape index (κ2) is 4.56. The molecule has 3 saturated carbocycles. The molecule has 0 radical (unpaired) electrons. The van der Waals surface area contributed by atoms with Gasteiger partial charge in [0.25, 0.3) is 0 Å². The second-order valence-corrected chi connectivity index (χ2v) is 6.13. The van der Waals surface area contributed by atoms with Gasteiger partial charge in [-0.15, -0.1) is 0 Å². The van der Waals surface area contributed by atoms with Crippen molar-refractivity contribution in [1.82, 2.24) is 5.32 Å². The number of rotatable bonds is 3. The molecule has 0 aromatic heterocycles. The highest BCUT2D eigenvalue weighted by Gasteiger charge is 2.56. The van der Waals surface area contributed by atoms with Crippen molar-refractivity contribution in [3.63, 3.8) is 0 Å². The van der Waals surface area contributed by atoms with Crippen molar-refractivity contribution in [2.24, 2.45) is 23.7 Å². The van der Waals surface area contributed by atoms with Crippen LogP contribution in [0.5, 0.6) is 0 Å². The number of carboxylic acid groups (broad SMARTS) is 1. The molecular formula is C14H21NO3. The first kappa shape index (κ1) is 12.0. The van der Waals surface area contributed by atoms with Crippen LogP contribution in [0.4, 0.5) is 0 Å². The van der Waals surface area contributed by atoms with Gasteiger partial charge in [-0.1, -0.05) is 19.3 Å². The summed E-state index contributed by atoms with van der Waals surface area (Å²) in [4.78, 5) is 23.3. The summed E-state index contributed by atoms with van der Waals surface area (Å²) in [6.45, 7) is 0. The quantitative estimate of drug-likeness (QED) is 0.803. The number of fused-ring (bicyclic) bond motifs is 1. The fraction of sp³-hybridized carbons (Fsp3) is 0.857. The lowest BCUT2D eigenvalue weighted by molar-refractivity contribution is -0.144. The molecule has 4 nitrogen and oxygen atoms in total. The van der Waals surface area contributed by atoms with E-state index in [1.165, 1.54) is 19.3 Å². The van der Waals surface area contributed by atoms with Crippen LogP contribution in [0.25, 0.3) is 0 Å². The Labute approximate surface area is 107 Å². The molecule has 0 aliphatic heterocycles. The third kappa shape index (κ3) is 2.02. The molecule has 0 aromatic rings. The van der Waals surface area contributed by atoms with E-state index in [2.05, 4.69) is 5.32 Å². The highest BCUT2D eigenvalue weighted by molar-refractivity contribution is 5.83. The van der Waals surface area contributed by atoms with Gasteiger partial charge in [0.2, 0.25) is 5.91 Å². The van der Waals surface area contributed by atoms with Crippen LogP contribution in [0.3, 0.4) is 0 Å². The van der Waals surface area contributed by atoms with Gasteiger partial charge in [-0.3, -0.25) is 9.59 Å². The summed E-state index contributed by atoms with van der Waals surface area (Å²) < 4.78 is 0. The number of hydrogen-bond acceptors (Lipinski definition) is 2. The van der Waals surface area contributed by atoms with Gasteiger partial charge in [-0.2, -0.15) is 0 Å². The second-order valence-electron chi connectivity index (χ2n) is 6.13. The summed E-state index contributed by atoms with van der Waals surface area (Å²) >= 11 is 0. The lowest BCUT2D eigenvalue weighted by Gasteiger charge is -2.29. The maximum Gasteiger partial charge on any atom is 0.308 e. The standard InChI is InChI=1S/C14H21NO3/c16-13(12-8-5-3-6-9(8)12)15-11-7-2-1-4-10(11)14(17)18/h8-12H,1-7H2,(H,15,16)(H,17,18). The van der Waals surface area contributed by atoms with Crippen molar-refractivity contribution in [2.75, 3.05) is 0 Å². The predicted octanol–water partition coefficient (Wildman–Crippen LogP) is 1.79. The minimum atomic E-state index is -0.754. The van der Waals surface area contributed by atoms with E-state index in [-0.39, 0.29) is 23.8 Å². The van der Waals surface area contributed by atoms with E-state index in [4.69, 9.17) is 0 Å². The first-order chi connectivity index (χ1) is 8.68. The Hall–Kier alpha value is -1.06. The normalized spacial score (nSPS) is 42.1. The number of amides is 1. The third-order valence-electron chi connectivity index (χ3n) is 5.12. The zero-order valence-electron chi connectivity index (χ0n) is 10.6. The number of hydrogen-bond donors (Lipinski definition) is 2. The molecule has 0 spiro atoms. The Morgan fingerprint density at radius 1 is 0.944 bits per heavy atom. The fourth-order valence-corrected chi connectivity index (χ4v) is 4.09. The predicted molar refractivity (Wildman–Crippen MR) is 65.8 cm³/mol. The Kier molecular flexibility index (Phi) is 3.04. The summed E-state index contributed by atoms with van der Waals surface area (Å²) in [5.74, 6) is 0.420. The maximum atomic E-state index is 12.2. The summed E-state index contributed by atoms with van der Waals surface area (Å²) in [5, 5.41) is 12.2. The van der Waals surface area contributed by atoms with Gasteiger partial charge in [0.1, 0.15) is 0 Å². The Bertz CT molecular complexity index is 358. The molecule has 0 heterocycles. The van der Waals surface area contributed by atoms with Crippen molar-refractivity contribution in [3.05, 3.63) is 0 Å². The minimum absolute atomic E-state index is 0.128. The number of carbonyl (C=O) groups is 2. The van der Waals surface area contributed by atoms with Gasteiger partial charge in [0, 0.05) is 12.0 Å². The molecule has 4 unspecified atom stereocenters. The van der Waals surface area contributed by atoms with Gasteiger partial charge in [-0.25, -0.2) is 0 Å². The van der Waals surface area contributed by atoms with Gasteiger partial charge in [0.15, 0.2) is 0 Å². The molecule has 1 amide bonds. The smallest absolute Gasteiger partial charge is 0.308 e.